The van der Waals surface area contributed by atoms with Gasteiger partial charge in [-0.2, -0.15) is 0 Å². The van der Waals surface area contributed by atoms with Crippen molar-refractivity contribution < 1.29 is 4.39 Å². The second-order valence-electron chi connectivity index (χ2n) is 2.63. The summed E-state index contributed by atoms with van der Waals surface area (Å²) in [5, 5.41) is 3.07. The largest absolute Gasteiger partial charge is 0.207 e. The van der Waals surface area contributed by atoms with Crippen LogP contribution in [0.4, 0.5) is 4.39 Å². The van der Waals surface area contributed by atoms with E-state index in [1.807, 2.05) is 11.4 Å². The molecule has 0 saturated heterocycles. The van der Waals surface area contributed by atoms with Crippen LogP contribution in [-0.4, -0.2) is 0 Å². The topological polar surface area (TPSA) is 0 Å². The molecule has 3 heteroatoms. The van der Waals surface area contributed by atoms with Gasteiger partial charge in [0, 0.05) is 20.1 Å². The van der Waals surface area contributed by atoms with E-state index in [1.165, 1.54) is 6.07 Å². The fourth-order valence-corrected chi connectivity index (χ4v) is 2.78. The molecule has 0 aliphatic carbocycles. The average molecular weight is 245 g/mol. The molecule has 0 fully saturated rings. The highest BCUT2D eigenvalue weighted by atomic mass is 79.9. The van der Waals surface area contributed by atoms with Crippen LogP contribution in [0, 0.1) is 12.7 Å². The van der Waals surface area contributed by atoms with Crippen LogP contribution >= 0.6 is 27.3 Å². The van der Waals surface area contributed by atoms with E-state index in [2.05, 4.69) is 15.9 Å². The molecule has 0 aliphatic heterocycles. The number of thiophene rings is 1. The lowest BCUT2D eigenvalue weighted by Crippen LogP contribution is -1.81. The molecule has 0 unspecified atom stereocenters. The van der Waals surface area contributed by atoms with E-state index in [4.69, 9.17) is 0 Å². The number of fused-ring (bicyclic) bond motifs is 1. The van der Waals surface area contributed by atoms with Crippen molar-refractivity contribution in [3.63, 3.8) is 0 Å². The van der Waals surface area contributed by atoms with E-state index in [0.29, 0.717) is 0 Å². The molecule has 0 nitrogen and oxygen atoms in total. The Morgan fingerprint density at radius 2 is 2.25 bits per heavy atom. The number of hydrogen-bond donors (Lipinski definition) is 0. The van der Waals surface area contributed by atoms with Crippen molar-refractivity contribution >= 4 is 37.4 Å². The first-order chi connectivity index (χ1) is 5.70. The van der Waals surface area contributed by atoms with Crippen molar-refractivity contribution in [3.8, 4) is 0 Å². The van der Waals surface area contributed by atoms with Gasteiger partial charge in [0.2, 0.25) is 0 Å². The normalized spacial score (nSPS) is 10.9. The van der Waals surface area contributed by atoms with Gasteiger partial charge in [-0.25, -0.2) is 4.39 Å². The van der Waals surface area contributed by atoms with Gasteiger partial charge in [0.15, 0.2) is 0 Å². The van der Waals surface area contributed by atoms with E-state index < -0.39 is 0 Å². The summed E-state index contributed by atoms with van der Waals surface area (Å²) < 4.78 is 15.0. The van der Waals surface area contributed by atoms with Gasteiger partial charge in [-0.15, -0.1) is 11.3 Å². The third-order valence-electron chi connectivity index (χ3n) is 1.87. The molecule has 0 bridgehead atoms. The number of hydrogen-bond acceptors (Lipinski definition) is 1. The maximum atomic E-state index is 13.2. The maximum absolute atomic E-state index is 13.2. The number of benzene rings is 1. The molecule has 2 aromatic rings. The van der Waals surface area contributed by atoms with Gasteiger partial charge in [0.05, 0.1) is 0 Å². The summed E-state index contributed by atoms with van der Waals surface area (Å²) in [6, 6.07) is 3.51. The zero-order chi connectivity index (χ0) is 8.72. The van der Waals surface area contributed by atoms with Crippen LogP contribution in [0.25, 0.3) is 10.1 Å². The van der Waals surface area contributed by atoms with Crippen molar-refractivity contribution in [2.75, 3.05) is 0 Å². The lowest BCUT2D eigenvalue weighted by Gasteiger charge is -1.99. The molecule has 0 spiro atoms. The smallest absolute Gasteiger partial charge is 0.128 e. The van der Waals surface area contributed by atoms with Crippen LogP contribution in [0.15, 0.2) is 22.0 Å². The van der Waals surface area contributed by atoms with Crippen molar-refractivity contribution in [3.05, 3.63) is 33.4 Å². The first-order valence-electron chi connectivity index (χ1n) is 3.52. The molecule has 2 rings (SSSR count). The quantitative estimate of drug-likeness (QED) is 0.655. The zero-order valence-corrected chi connectivity index (χ0v) is 8.80. The third kappa shape index (κ3) is 1.08. The predicted octanol–water partition coefficient (Wildman–Crippen LogP) is 4.11. The predicted molar refractivity (Wildman–Crippen MR) is 54.2 cm³/mol. The van der Waals surface area contributed by atoms with Crippen molar-refractivity contribution in [2.45, 2.75) is 6.92 Å². The van der Waals surface area contributed by atoms with Crippen LogP contribution in [0.2, 0.25) is 0 Å². The Hall–Kier alpha value is -0.410. The fraction of sp³-hybridized carbons (Fsp3) is 0.111. The molecule has 0 radical (unpaired) electrons. The molecule has 12 heavy (non-hydrogen) atoms. The van der Waals surface area contributed by atoms with E-state index in [0.717, 1.165) is 20.1 Å². The summed E-state index contributed by atoms with van der Waals surface area (Å²) in [6.45, 7) is 1.81. The minimum Gasteiger partial charge on any atom is -0.207 e. The second kappa shape index (κ2) is 2.82. The molecular formula is C9H6BrFS. The molecule has 1 aromatic carbocycles. The van der Waals surface area contributed by atoms with Crippen LogP contribution < -0.4 is 0 Å². The zero-order valence-electron chi connectivity index (χ0n) is 6.40. The minimum absolute atomic E-state index is 0.142. The van der Waals surface area contributed by atoms with Gasteiger partial charge in [-0.1, -0.05) is 15.9 Å². The first-order valence-corrected chi connectivity index (χ1v) is 5.19. The fourth-order valence-electron chi connectivity index (χ4n) is 1.19. The third-order valence-corrected chi connectivity index (χ3v) is 3.56. The molecule has 1 aromatic heterocycles. The summed E-state index contributed by atoms with van der Waals surface area (Å²) in [6.07, 6.45) is 0. The number of halogens is 2. The average Bonchev–Trinajstić information content (AvgIpc) is 2.48. The Bertz CT molecular complexity index is 433. The lowest BCUT2D eigenvalue weighted by molar-refractivity contribution is 0.620. The molecular weight excluding hydrogens is 239 g/mol. The van der Waals surface area contributed by atoms with Crippen molar-refractivity contribution in [1.82, 2.24) is 0 Å². The van der Waals surface area contributed by atoms with Gasteiger partial charge in [0.25, 0.3) is 0 Å². The first kappa shape index (κ1) is 8.20. The molecule has 0 N–H and O–H groups in total. The monoisotopic (exact) mass is 244 g/mol. The van der Waals surface area contributed by atoms with Crippen LogP contribution in [0.1, 0.15) is 5.56 Å². The maximum Gasteiger partial charge on any atom is 0.128 e. The summed E-state index contributed by atoms with van der Waals surface area (Å²) in [4.78, 5) is 0. The molecule has 1 heterocycles. The highest BCUT2D eigenvalue weighted by Gasteiger charge is 2.07. The van der Waals surface area contributed by atoms with Crippen molar-refractivity contribution in [2.24, 2.45) is 0 Å². The standard InChI is InChI=1S/C9H6BrFS/c1-5-8(11)4-7(10)6-2-3-12-9(5)6/h2-4H,1H3. The Kier molecular flexibility index (Phi) is 1.93. The second-order valence-corrected chi connectivity index (χ2v) is 4.40. The molecule has 0 saturated carbocycles. The highest BCUT2D eigenvalue weighted by molar-refractivity contribution is 9.10. The molecule has 62 valence electrons. The Balaban J connectivity index is 2.97. The minimum atomic E-state index is -0.142. The molecule has 0 aliphatic rings. The van der Waals surface area contributed by atoms with Gasteiger partial charge in [-0.3, -0.25) is 0 Å². The number of rotatable bonds is 0. The molecule has 0 amide bonds. The summed E-state index contributed by atoms with van der Waals surface area (Å²) in [5.41, 5.74) is 0.739. The lowest BCUT2D eigenvalue weighted by atomic mass is 10.2. The van der Waals surface area contributed by atoms with Crippen LogP contribution in [0.5, 0.6) is 0 Å². The number of aryl methyl sites for hydroxylation is 1. The Morgan fingerprint density at radius 1 is 1.50 bits per heavy atom. The van der Waals surface area contributed by atoms with Gasteiger partial charge in [-0.05, 0) is 24.4 Å². The van der Waals surface area contributed by atoms with Gasteiger partial charge >= 0.3 is 0 Å². The van der Waals surface area contributed by atoms with Crippen LogP contribution in [-0.2, 0) is 0 Å². The van der Waals surface area contributed by atoms with E-state index in [-0.39, 0.29) is 5.82 Å². The summed E-state index contributed by atoms with van der Waals surface area (Å²) in [7, 11) is 0. The van der Waals surface area contributed by atoms with Gasteiger partial charge in [0.1, 0.15) is 5.82 Å². The van der Waals surface area contributed by atoms with Crippen LogP contribution in [0.3, 0.4) is 0 Å². The van der Waals surface area contributed by atoms with E-state index in [9.17, 15) is 4.39 Å². The van der Waals surface area contributed by atoms with Crippen molar-refractivity contribution in [1.29, 1.82) is 0 Å². The van der Waals surface area contributed by atoms with Gasteiger partial charge < -0.3 is 0 Å². The van der Waals surface area contributed by atoms with E-state index >= 15 is 0 Å². The summed E-state index contributed by atoms with van der Waals surface area (Å²) in [5.74, 6) is -0.142. The molecule has 0 atom stereocenters. The highest BCUT2D eigenvalue weighted by Crippen LogP contribution is 2.32. The van der Waals surface area contributed by atoms with E-state index in [1.54, 1.807) is 18.3 Å². The Morgan fingerprint density at radius 3 is 3.00 bits per heavy atom. The Labute approximate surface area is 82.2 Å². The SMILES string of the molecule is Cc1c(F)cc(Br)c2ccsc12. The summed E-state index contributed by atoms with van der Waals surface area (Å²) >= 11 is 4.90.